The molecule has 1 N–H and O–H groups in total. The van der Waals surface area contributed by atoms with Crippen molar-refractivity contribution in [3.05, 3.63) is 40.5 Å². The molecule has 0 bridgehead atoms. The Morgan fingerprint density at radius 3 is 3.00 bits per heavy atom. The van der Waals surface area contributed by atoms with Crippen LogP contribution in [0.25, 0.3) is 17.0 Å². The third-order valence-electron chi connectivity index (χ3n) is 2.21. The van der Waals surface area contributed by atoms with Gasteiger partial charge in [0.05, 0.1) is 7.11 Å². The summed E-state index contributed by atoms with van der Waals surface area (Å²) in [5.41, 5.74) is 1.90. The first-order valence-corrected chi connectivity index (χ1v) is 5.52. The fourth-order valence-corrected chi connectivity index (χ4v) is 1.80. The van der Waals surface area contributed by atoms with Gasteiger partial charge in [0.1, 0.15) is 0 Å². The summed E-state index contributed by atoms with van der Waals surface area (Å²) in [6.07, 6.45) is 3.08. The molecule has 0 saturated carbocycles. The average molecular weight is 280 g/mol. The zero-order valence-corrected chi connectivity index (χ0v) is 10.2. The molecule has 0 aliphatic heterocycles. The van der Waals surface area contributed by atoms with Crippen molar-refractivity contribution >= 4 is 38.9 Å². The van der Waals surface area contributed by atoms with Crippen LogP contribution in [-0.4, -0.2) is 18.1 Å². The minimum atomic E-state index is -0.361. The molecular formula is C12H10BrNO2. The Kier molecular flexibility index (Phi) is 3.10. The number of benzene rings is 1. The zero-order valence-electron chi connectivity index (χ0n) is 8.66. The van der Waals surface area contributed by atoms with Crippen molar-refractivity contribution < 1.29 is 9.53 Å². The molecule has 3 nitrogen and oxygen atoms in total. The summed E-state index contributed by atoms with van der Waals surface area (Å²) in [6.45, 7) is 0. The summed E-state index contributed by atoms with van der Waals surface area (Å²) in [5, 5.41) is 1.10. The lowest BCUT2D eigenvalue weighted by Gasteiger charge is -1.89. The van der Waals surface area contributed by atoms with Crippen LogP contribution in [0.1, 0.15) is 5.69 Å². The minimum absolute atomic E-state index is 0.361. The minimum Gasteiger partial charge on any atom is -0.466 e. The number of carbonyl (C=O) groups is 1. The maximum absolute atomic E-state index is 10.9. The molecule has 0 spiro atoms. The summed E-state index contributed by atoms with van der Waals surface area (Å²) in [7, 11) is 1.36. The van der Waals surface area contributed by atoms with Gasteiger partial charge in [0, 0.05) is 27.1 Å². The van der Waals surface area contributed by atoms with Gasteiger partial charge in [-0.3, -0.25) is 0 Å². The summed E-state index contributed by atoms with van der Waals surface area (Å²) < 4.78 is 5.54. The Labute approximate surface area is 101 Å². The smallest absolute Gasteiger partial charge is 0.330 e. The second kappa shape index (κ2) is 4.53. The quantitative estimate of drug-likeness (QED) is 0.678. The fraction of sp³-hybridized carbons (Fsp3) is 0.0833. The van der Waals surface area contributed by atoms with Gasteiger partial charge in [-0.25, -0.2) is 4.79 Å². The van der Waals surface area contributed by atoms with Crippen molar-refractivity contribution in [1.29, 1.82) is 0 Å². The van der Waals surface area contributed by atoms with Crippen LogP contribution in [0, 0.1) is 0 Å². The number of fused-ring (bicyclic) bond motifs is 1. The average Bonchev–Trinajstić information content (AvgIpc) is 2.67. The number of H-pyrrole nitrogens is 1. The third kappa shape index (κ3) is 2.33. The lowest BCUT2D eigenvalue weighted by atomic mass is 10.2. The van der Waals surface area contributed by atoms with Gasteiger partial charge in [-0.15, -0.1) is 0 Å². The number of hydrogen-bond donors (Lipinski definition) is 1. The lowest BCUT2D eigenvalue weighted by molar-refractivity contribution is -0.134. The maximum Gasteiger partial charge on any atom is 0.330 e. The molecule has 0 aliphatic carbocycles. The molecule has 16 heavy (non-hydrogen) atoms. The van der Waals surface area contributed by atoms with Crippen molar-refractivity contribution in [3.8, 4) is 0 Å². The number of methoxy groups -OCH3 is 1. The number of ether oxygens (including phenoxy) is 1. The van der Waals surface area contributed by atoms with E-state index in [0.717, 1.165) is 21.1 Å². The van der Waals surface area contributed by atoms with E-state index >= 15 is 0 Å². The van der Waals surface area contributed by atoms with E-state index in [0.29, 0.717) is 0 Å². The van der Waals surface area contributed by atoms with E-state index in [2.05, 4.69) is 25.7 Å². The number of rotatable bonds is 2. The molecule has 1 aromatic carbocycles. The van der Waals surface area contributed by atoms with Crippen LogP contribution in [0.3, 0.4) is 0 Å². The summed E-state index contributed by atoms with van der Waals surface area (Å²) in [5.74, 6) is -0.361. The molecule has 0 unspecified atom stereocenters. The van der Waals surface area contributed by atoms with Gasteiger partial charge in [-0.1, -0.05) is 22.0 Å². The van der Waals surface area contributed by atoms with E-state index < -0.39 is 0 Å². The van der Waals surface area contributed by atoms with Crippen LogP contribution >= 0.6 is 15.9 Å². The molecule has 0 atom stereocenters. The highest BCUT2D eigenvalue weighted by Crippen LogP contribution is 2.20. The van der Waals surface area contributed by atoms with Gasteiger partial charge in [-0.05, 0) is 24.3 Å². The number of esters is 1. The summed E-state index contributed by atoms with van der Waals surface area (Å²) in [6, 6.07) is 7.95. The largest absolute Gasteiger partial charge is 0.466 e. The first-order chi connectivity index (χ1) is 7.69. The molecule has 0 amide bonds. The van der Waals surface area contributed by atoms with Crippen LogP contribution < -0.4 is 0 Å². The molecule has 0 radical (unpaired) electrons. The number of carbonyl (C=O) groups excluding carboxylic acids is 1. The fourth-order valence-electron chi connectivity index (χ4n) is 1.44. The molecule has 82 valence electrons. The van der Waals surface area contributed by atoms with E-state index in [1.165, 1.54) is 13.2 Å². The first kappa shape index (κ1) is 11.0. The van der Waals surface area contributed by atoms with Gasteiger partial charge in [-0.2, -0.15) is 0 Å². The number of aromatic nitrogens is 1. The van der Waals surface area contributed by atoms with Gasteiger partial charge in [0.25, 0.3) is 0 Å². The van der Waals surface area contributed by atoms with E-state index in [9.17, 15) is 4.79 Å². The molecule has 0 fully saturated rings. The van der Waals surface area contributed by atoms with E-state index in [-0.39, 0.29) is 5.97 Å². The molecule has 2 aromatic rings. The first-order valence-electron chi connectivity index (χ1n) is 4.73. The molecule has 2 rings (SSSR count). The zero-order chi connectivity index (χ0) is 11.5. The molecule has 4 heteroatoms. The number of hydrogen-bond acceptors (Lipinski definition) is 2. The Hall–Kier alpha value is -1.55. The highest BCUT2D eigenvalue weighted by Gasteiger charge is 1.99. The van der Waals surface area contributed by atoms with Crippen molar-refractivity contribution in [2.75, 3.05) is 7.11 Å². The van der Waals surface area contributed by atoms with Gasteiger partial charge < -0.3 is 9.72 Å². The van der Waals surface area contributed by atoms with Crippen molar-refractivity contribution in [1.82, 2.24) is 4.98 Å². The number of aromatic amines is 1. The second-order valence-corrected chi connectivity index (χ2v) is 4.23. The van der Waals surface area contributed by atoms with Crippen molar-refractivity contribution in [2.45, 2.75) is 0 Å². The van der Waals surface area contributed by atoms with Crippen LogP contribution in [0.15, 0.2) is 34.8 Å². The van der Waals surface area contributed by atoms with Crippen molar-refractivity contribution in [3.63, 3.8) is 0 Å². The summed E-state index contributed by atoms with van der Waals surface area (Å²) >= 11 is 3.40. The van der Waals surface area contributed by atoms with Crippen molar-refractivity contribution in [2.24, 2.45) is 0 Å². The second-order valence-electron chi connectivity index (χ2n) is 3.31. The van der Waals surface area contributed by atoms with E-state index in [4.69, 9.17) is 0 Å². The Balaban J connectivity index is 2.33. The van der Waals surface area contributed by atoms with Crippen LogP contribution in [0.4, 0.5) is 0 Å². The predicted molar refractivity (Wildman–Crippen MR) is 67.0 cm³/mol. The van der Waals surface area contributed by atoms with E-state index in [1.807, 2.05) is 24.3 Å². The topological polar surface area (TPSA) is 42.1 Å². The van der Waals surface area contributed by atoms with Crippen LogP contribution in [0.5, 0.6) is 0 Å². The maximum atomic E-state index is 10.9. The Bertz CT molecular complexity index is 557. The monoisotopic (exact) mass is 279 g/mol. The van der Waals surface area contributed by atoms with Crippen LogP contribution in [-0.2, 0) is 9.53 Å². The number of nitrogens with one attached hydrogen (secondary N) is 1. The van der Waals surface area contributed by atoms with Crippen LogP contribution in [0.2, 0.25) is 0 Å². The highest BCUT2D eigenvalue weighted by atomic mass is 79.9. The van der Waals surface area contributed by atoms with Gasteiger partial charge >= 0.3 is 5.97 Å². The molecule has 0 saturated heterocycles. The lowest BCUT2D eigenvalue weighted by Crippen LogP contribution is -1.93. The Morgan fingerprint density at radius 1 is 1.44 bits per heavy atom. The number of halogens is 1. The Morgan fingerprint density at radius 2 is 2.25 bits per heavy atom. The van der Waals surface area contributed by atoms with E-state index in [1.54, 1.807) is 6.08 Å². The van der Waals surface area contributed by atoms with Gasteiger partial charge in [0.2, 0.25) is 0 Å². The summed E-state index contributed by atoms with van der Waals surface area (Å²) in [4.78, 5) is 14.1. The molecular weight excluding hydrogens is 270 g/mol. The standard InChI is InChI=1S/C12H10BrNO2/c1-16-12(15)5-4-10-6-8-2-3-9(13)7-11(8)14-10/h2-7,14H,1H3/b5-4+. The molecule has 1 aromatic heterocycles. The highest BCUT2D eigenvalue weighted by molar-refractivity contribution is 9.10. The SMILES string of the molecule is COC(=O)/C=C/c1cc2ccc(Br)cc2[nH]1. The van der Waals surface area contributed by atoms with Gasteiger partial charge in [0.15, 0.2) is 0 Å². The third-order valence-corrected chi connectivity index (χ3v) is 2.70. The predicted octanol–water partition coefficient (Wildman–Crippen LogP) is 3.12. The normalized spacial score (nSPS) is 11.1. The molecule has 0 aliphatic rings. The molecule has 1 heterocycles.